The van der Waals surface area contributed by atoms with E-state index < -0.39 is 0 Å². The Morgan fingerprint density at radius 2 is 0.692 bits per heavy atom. The summed E-state index contributed by atoms with van der Waals surface area (Å²) in [5.41, 5.74) is 8.74. The number of hydrogen-bond donors (Lipinski definition) is 1. The normalized spacial score (nSPS) is 17.7. The molecule has 0 spiro atoms. The molecule has 2 fully saturated rings. The zero-order valence-electron chi connectivity index (χ0n) is 28.4. The monoisotopic (exact) mass is 709 g/mol. The molecule has 0 aromatic heterocycles. The van der Waals surface area contributed by atoms with Crippen LogP contribution in [0.4, 0.5) is 5.69 Å². The van der Waals surface area contributed by atoms with Gasteiger partial charge in [-0.1, -0.05) is 176 Å². The van der Waals surface area contributed by atoms with E-state index in [0.717, 1.165) is 22.7 Å². The van der Waals surface area contributed by atoms with E-state index in [0.29, 0.717) is 0 Å². The van der Waals surface area contributed by atoms with Crippen LogP contribution in [0.15, 0.2) is 182 Å². The van der Waals surface area contributed by atoms with Crippen LogP contribution in [-0.4, -0.2) is 5.91 Å². The summed E-state index contributed by atoms with van der Waals surface area (Å²) in [5.74, 6) is 7.42. The van der Waals surface area contributed by atoms with Gasteiger partial charge >= 0.3 is 17.1 Å². The van der Waals surface area contributed by atoms with Gasteiger partial charge in [0.15, 0.2) is 0 Å². The van der Waals surface area contributed by atoms with E-state index in [1.807, 2.05) is 56.0 Å². The van der Waals surface area contributed by atoms with Crippen molar-refractivity contribution in [3.8, 4) is 0 Å². The van der Waals surface area contributed by atoms with Gasteiger partial charge in [-0.3, -0.25) is 4.79 Å². The third-order valence-electron chi connectivity index (χ3n) is 9.27. The summed E-state index contributed by atoms with van der Waals surface area (Å²) in [6, 6.07) is 61.9. The molecule has 248 valence electrons. The first-order valence-electron chi connectivity index (χ1n) is 17.2. The van der Waals surface area contributed by atoms with E-state index in [1.165, 1.54) is 57.4 Å². The zero-order chi connectivity index (χ0) is 34.4. The molecule has 6 aromatic rings. The zero-order valence-corrected chi connectivity index (χ0v) is 29.5. The van der Waals surface area contributed by atoms with Crippen molar-refractivity contribution in [1.29, 1.82) is 0 Å². The Morgan fingerprint density at radius 1 is 0.385 bits per heavy atom. The summed E-state index contributed by atoms with van der Waals surface area (Å²) < 4.78 is 0. The average Bonchev–Trinajstić information content (AvgIpc) is 3.93. The SMILES string of the molecule is O=C1Nc2ccccc2/C1=C\[C]1[CH][CH][CH][CH]1.[Fe+2].c1ccc([C]2[C](c3ccccc3)[C](c3ccccc3)[C](c3ccccc3)[C]2c2ccccc2)cc1. The molecule has 0 saturated heterocycles. The standard InChI is InChI=1S/C35H25.C14H10NO.Fe/c1-6-16-26(17-7-1)31-32(27-18-8-2-9-19-27)34(29-22-12-4-13-23-29)35(30-24-14-5-15-25-30)33(31)28-20-10-3-11-21-28;16-14-12(9-10-5-1-2-6-10)11-7-3-4-8-13(11)15-14;/h1-25H;1-9H,(H,15,16);/q;;+2/b;12-9+;. The maximum Gasteiger partial charge on any atom is 2.00 e. The first-order valence-corrected chi connectivity index (χ1v) is 17.2. The van der Waals surface area contributed by atoms with Gasteiger partial charge in [0.05, 0.1) is 0 Å². The number of allylic oxidation sites excluding steroid dienone is 1. The number of benzene rings is 6. The Morgan fingerprint density at radius 3 is 1.04 bits per heavy atom. The summed E-state index contributed by atoms with van der Waals surface area (Å²) in [7, 11) is 0. The second-order valence-corrected chi connectivity index (χ2v) is 12.5. The summed E-state index contributed by atoms with van der Waals surface area (Å²) >= 11 is 0. The molecule has 2 nitrogen and oxygen atoms in total. The van der Waals surface area contributed by atoms with Crippen molar-refractivity contribution in [3.63, 3.8) is 0 Å². The van der Waals surface area contributed by atoms with Crippen LogP contribution >= 0.6 is 0 Å². The van der Waals surface area contributed by atoms with Crippen molar-refractivity contribution < 1.29 is 21.9 Å². The first kappa shape index (κ1) is 35.5. The summed E-state index contributed by atoms with van der Waals surface area (Å²) in [6.45, 7) is 0. The maximum atomic E-state index is 11.8. The van der Waals surface area contributed by atoms with Crippen LogP contribution in [0, 0.1) is 61.2 Å². The van der Waals surface area contributed by atoms with Crippen LogP contribution in [0.5, 0.6) is 0 Å². The summed E-state index contributed by atoms with van der Waals surface area (Å²) in [6.07, 6.45) is 9.82. The van der Waals surface area contributed by atoms with E-state index in [9.17, 15) is 4.79 Å². The molecule has 2 aliphatic carbocycles. The van der Waals surface area contributed by atoms with E-state index in [-0.39, 0.29) is 23.0 Å². The van der Waals surface area contributed by atoms with Crippen molar-refractivity contribution in [1.82, 2.24) is 0 Å². The molecule has 0 unspecified atom stereocenters. The van der Waals surface area contributed by atoms with E-state index >= 15 is 0 Å². The number of para-hydroxylation sites is 1. The van der Waals surface area contributed by atoms with Gasteiger partial charge in [-0.25, -0.2) is 0 Å². The van der Waals surface area contributed by atoms with Crippen molar-refractivity contribution in [2.75, 3.05) is 5.32 Å². The molecule has 1 heterocycles. The number of anilines is 1. The van der Waals surface area contributed by atoms with E-state index in [4.69, 9.17) is 0 Å². The predicted molar refractivity (Wildman–Crippen MR) is 207 cm³/mol. The van der Waals surface area contributed by atoms with Crippen molar-refractivity contribution >= 4 is 17.2 Å². The molecule has 1 amide bonds. The van der Waals surface area contributed by atoms with Gasteiger partial charge < -0.3 is 5.32 Å². The fourth-order valence-corrected chi connectivity index (χ4v) is 7.03. The van der Waals surface area contributed by atoms with Crippen LogP contribution < -0.4 is 5.32 Å². The maximum absolute atomic E-state index is 11.8. The number of amides is 1. The third-order valence-corrected chi connectivity index (χ3v) is 9.27. The van der Waals surface area contributed by atoms with Gasteiger partial charge in [0.1, 0.15) is 0 Å². The smallest absolute Gasteiger partial charge is 0.321 e. The average molecular weight is 710 g/mol. The number of rotatable bonds is 6. The quantitative estimate of drug-likeness (QED) is 0.135. The molecule has 3 aliphatic rings. The number of nitrogens with one attached hydrogen (secondary N) is 1. The molecular weight excluding hydrogens is 674 g/mol. The molecular formula is C49H35FeNO+2. The first-order chi connectivity index (χ1) is 25.3. The minimum absolute atomic E-state index is 0. The molecule has 3 heteroatoms. The van der Waals surface area contributed by atoms with Gasteiger partial charge in [0.25, 0.3) is 5.91 Å². The van der Waals surface area contributed by atoms with E-state index in [2.05, 4.69) is 157 Å². The number of hydrogen-bond acceptors (Lipinski definition) is 1. The Labute approximate surface area is 319 Å². The van der Waals surface area contributed by atoms with Crippen molar-refractivity contribution in [2.24, 2.45) is 0 Å². The molecule has 0 atom stereocenters. The minimum Gasteiger partial charge on any atom is -0.321 e. The topological polar surface area (TPSA) is 29.1 Å². The van der Waals surface area contributed by atoms with Gasteiger partial charge in [-0.15, -0.1) is 0 Å². The molecule has 2 saturated carbocycles. The van der Waals surface area contributed by atoms with Crippen LogP contribution in [0.1, 0.15) is 33.4 Å². The summed E-state index contributed by atoms with van der Waals surface area (Å²) in [4.78, 5) is 11.8. The van der Waals surface area contributed by atoms with Gasteiger partial charge in [0, 0.05) is 52.3 Å². The van der Waals surface area contributed by atoms with Gasteiger partial charge in [-0.05, 0) is 59.6 Å². The van der Waals surface area contributed by atoms with Crippen LogP contribution in [0.2, 0.25) is 0 Å². The molecule has 10 radical (unpaired) electrons. The van der Waals surface area contributed by atoms with Gasteiger partial charge in [-0.2, -0.15) is 0 Å². The number of fused-ring (bicyclic) bond motifs is 1. The van der Waals surface area contributed by atoms with E-state index in [1.54, 1.807) is 0 Å². The molecule has 9 rings (SSSR count). The largest absolute Gasteiger partial charge is 2.00 e. The van der Waals surface area contributed by atoms with Crippen LogP contribution in [-0.2, 0) is 21.9 Å². The molecule has 1 N–H and O–H groups in total. The molecule has 52 heavy (non-hydrogen) atoms. The van der Waals surface area contributed by atoms with Crippen LogP contribution in [0.25, 0.3) is 5.57 Å². The Hall–Kier alpha value is -4.95. The van der Waals surface area contributed by atoms with Crippen molar-refractivity contribution in [3.05, 3.63) is 277 Å². The van der Waals surface area contributed by atoms with Crippen LogP contribution in [0.3, 0.4) is 0 Å². The minimum atomic E-state index is -0.0256. The predicted octanol–water partition coefficient (Wildman–Crippen LogP) is 10.5. The molecule has 0 bridgehead atoms. The fraction of sp³-hybridized carbons (Fsp3) is 0. The third kappa shape index (κ3) is 7.35. The van der Waals surface area contributed by atoms with Gasteiger partial charge in [0.2, 0.25) is 0 Å². The second-order valence-electron chi connectivity index (χ2n) is 12.5. The number of carbonyl (C=O) groups excluding carboxylic acids is 1. The fourth-order valence-electron chi connectivity index (χ4n) is 7.03. The Bertz CT molecular complexity index is 1800. The van der Waals surface area contributed by atoms with Crippen molar-refractivity contribution in [2.45, 2.75) is 0 Å². The summed E-state index contributed by atoms with van der Waals surface area (Å²) in [5, 5.41) is 2.85. The Kier molecular flexibility index (Phi) is 11.3. The molecule has 1 aliphatic heterocycles. The molecule has 6 aromatic carbocycles. The Balaban J connectivity index is 0.000000207. The second kappa shape index (κ2) is 16.6. The number of carbonyl (C=O) groups is 1.